The minimum absolute atomic E-state index is 0.0932. The Morgan fingerprint density at radius 2 is 2.58 bits per heavy atom. The first-order valence-corrected chi connectivity index (χ1v) is 3.59. The predicted molar refractivity (Wildman–Crippen MR) is 40.7 cm³/mol. The number of oxazole rings is 1. The number of nitrogens with two attached hydrogens (primary N) is 1. The molecule has 5 nitrogen and oxygen atoms in total. The topological polar surface area (TPSA) is 89.4 Å². The molecule has 0 aromatic carbocycles. The maximum Gasteiger partial charge on any atom is 0.358 e. The fraction of sp³-hybridized carbons (Fsp3) is 0.429. The van der Waals surface area contributed by atoms with Crippen molar-refractivity contribution in [2.24, 2.45) is 5.73 Å². The number of nitrogens with zero attached hydrogens (tertiary/aromatic N) is 1. The van der Waals surface area contributed by atoms with E-state index in [0.717, 1.165) is 6.39 Å². The minimum Gasteiger partial charge on any atom is -0.476 e. The number of carboxylic acid groups (broad SMARTS) is 1. The van der Waals surface area contributed by atoms with E-state index >= 15 is 0 Å². The van der Waals surface area contributed by atoms with Crippen LogP contribution in [0.4, 0.5) is 0 Å². The van der Waals surface area contributed by atoms with Crippen LogP contribution < -0.4 is 5.73 Å². The van der Waals surface area contributed by atoms with Gasteiger partial charge in [0.25, 0.3) is 0 Å². The summed E-state index contributed by atoms with van der Waals surface area (Å²) in [6.45, 7) is 1.85. The van der Waals surface area contributed by atoms with Crippen LogP contribution in [0.2, 0.25) is 0 Å². The molecule has 0 aliphatic rings. The first kappa shape index (κ1) is 8.73. The second-order valence-electron chi connectivity index (χ2n) is 2.39. The van der Waals surface area contributed by atoms with Crippen LogP contribution in [0.15, 0.2) is 10.8 Å². The van der Waals surface area contributed by atoms with Crippen molar-refractivity contribution >= 4 is 5.97 Å². The van der Waals surface area contributed by atoms with Crippen LogP contribution in [-0.2, 0) is 0 Å². The van der Waals surface area contributed by atoms with Gasteiger partial charge in [-0.1, -0.05) is 6.92 Å². The van der Waals surface area contributed by atoms with Crippen LogP contribution >= 0.6 is 0 Å². The molecule has 0 saturated carbocycles. The van der Waals surface area contributed by atoms with E-state index in [1.165, 1.54) is 0 Å². The number of aromatic carboxylic acids is 1. The summed E-state index contributed by atoms with van der Waals surface area (Å²) in [5, 5.41) is 8.62. The van der Waals surface area contributed by atoms with Crippen molar-refractivity contribution in [1.29, 1.82) is 0 Å². The summed E-state index contributed by atoms with van der Waals surface area (Å²) in [6, 6.07) is -0.390. The zero-order valence-corrected chi connectivity index (χ0v) is 6.65. The summed E-state index contributed by atoms with van der Waals surface area (Å²) < 4.78 is 4.86. The largest absolute Gasteiger partial charge is 0.476 e. The summed E-state index contributed by atoms with van der Waals surface area (Å²) in [4.78, 5) is 14.1. The lowest BCUT2D eigenvalue weighted by Gasteiger charge is -2.03. The highest BCUT2D eigenvalue weighted by Crippen LogP contribution is 2.17. The highest BCUT2D eigenvalue weighted by molar-refractivity contribution is 5.86. The number of aromatic nitrogens is 1. The van der Waals surface area contributed by atoms with Gasteiger partial charge in [-0.15, -0.1) is 0 Å². The number of carbonyl (C=O) groups is 1. The molecule has 1 aromatic heterocycles. The monoisotopic (exact) mass is 170 g/mol. The van der Waals surface area contributed by atoms with Gasteiger partial charge >= 0.3 is 5.97 Å². The standard InChI is InChI=1S/C7H10N2O3/c1-2-4(8)6-5(7(10)11)9-3-12-6/h3-4H,2,8H2,1H3,(H,10,11)/t4-/m0/s1. The molecule has 0 aliphatic carbocycles. The Balaban J connectivity index is 2.98. The van der Waals surface area contributed by atoms with E-state index in [4.69, 9.17) is 15.3 Å². The van der Waals surface area contributed by atoms with Gasteiger partial charge in [-0.05, 0) is 6.42 Å². The van der Waals surface area contributed by atoms with Crippen molar-refractivity contribution < 1.29 is 14.3 Å². The van der Waals surface area contributed by atoms with Crippen molar-refractivity contribution in [3.05, 3.63) is 17.8 Å². The molecule has 0 radical (unpaired) electrons. The molecule has 0 bridgehead atoms. The first-order valence-electron chi connectivity index (χ1n) is 3.59. The number of carboxylic acids is 1. The fourth-order valence-electron chi connectivity index (χ4n) is 0.864. The van der Waals surface area contributed by atoms with Gasteiger partial charge in [-0.3, -0.25) is 0 Å². The Hall–Kier alpha value is -1.36. The number of hydrogen-bond acceptors (Lipinski definition) is 4. The van der Waals surface area contributed by atoms with Gasteiger partial charge in [0.15, 0.2) is 17.8 Å². The summed E-state index contributed by atoms with van der Waals surface area (Å²) in [5.74, 6) is -0.868. The predicted octanol–water partition coefficient (Wildman–Crippen LogP) is 0.783. The molecule has 0 fully saturated rings. The molecule has 1 aromatic rings. The average molecular weight is 170 g/mol. The second-order valence-corrected chi connectivity index (χ2v) is 2.39. The second kappa shape index (κ2) is 3.36. The fourth-order valence-corrected chi connectivity index (χ4v) is 0.864. The molecular weight excluding hydrogens is 160 g/mol. The third kappa shape index (κ3) is 1.45. The van der Waals surface area contributed by atoms with Gasteiger partial charge in [-0.2, -0.15) is 0 Å². The van der Waals surface area contributed by atoms with Crippen LogP contribution in [-0.4, -0.2) is 16.1 Å². The lowest BCUT2D eigenvalue weighted by Crippen LogP contribution is -2.12. The van der Waals surface area contributed by atoms with E-state index in [1.807, 2.05) is 6.92 Å². The molecule has 0 spiro atoms. The zero-order chi connectivity index (χ0) is 9.14. The molecule has 66 valence electrons. The van der Waals surface area contributed by atoms with Gasteiger partial charge in [0.2, 0.25) is 0 Å². The van der Waals surface area contributed by atoms with Crippen molar-refractivity contribution in [3.8, 4) is 0 Å². The van der Waals surface area contributed by atoms with Crippen molar-refractivity contribution in [3.63, 3.8) is 0 Å². The number of hydrogen-bond donors (Lipinski definition) is 2. The molecular formula is C7H10N2O3. The molecule has 5 heteroatoms. The molecule has 0 aliphatic heterocycles. The lowest BCUT2D eigenvalue weighted by atomic mass is 10.1. The molecule has 0 saturated heterocycles. The van der Waals surface area contributed by atoms with Gasteiger partial charge in [0.05, 0.1) is 6.04 Å². The van der Waals surface area contributed by atoms with E-state index in [1.54, 1.807) is 0 Å². The molecule has 1 rings (SSSR count). The highest BCUT2D eigenvalue weighted by atomic mass is 16.4. The summed E-state index contributed by atoms with van der Waals surface area (Å²) in [5.41, 5.74) is 5.49. The Morgan fingerprint density at radius 1 is 1.92 bits per heavy atom. The van der Waals surface area contributed by atoms with Crippen molar-refractivity contribution in [1.82, 2.24) is 4.98 Å². The molecule has 12 heavy (non-hydrogen) atoms. The van der Waals surface area contributed by atoms with Gasteiger partial charge in [0.1, 0.15) is 0 Å². The van der Waals surface area contributed by atoms with Crippen LogP contribution in [0.25, 0.3) is 0 Å². The van der Waals surface area contributed by atoms with Crippen LogP contribution in [0.1, 0.15) is 35.6 Å². The Bertz CT molecular complexity index is 282. The van der Waals surface area contributed by atoms with Gasteiger partial charge < -0.3 is 15.3 Å². The average Bonchev–Trinajstić information content (AvgIpc) is 2.50. The first-order chi connectivity index (χ1) is 5.66. The molecule has 0 amide bonds. The Morgan fingerprint density at radius 3 is 3.08 bits per heavy atom. The smallest absolute Gasteiger partial charge is 0.358 e. The van der Waals surface area contributed by atoms with Crippen molar-refractivity contribution in [2.75, 3.05) is 0 Å². The van der Waals surface area contributed by atoms with Crippen LogP contribution in [0, 0.1) is 0 Å². The molecule has 1 heterocycles. The molecule has 1 atom stereocenters. The maximum absolute atomic E-state index is 10.5. The Labute approximate surface area is 69.2 Å². The quantitative estimate of drug-likeness (QED) is 0.699. The van der Waals surface area contributed by atoms with Gasteiger partial charge in [0, 0.05) is 0 Å². The summed E-state index contributed by atoms with van der Waals surface area (Å²) in [7, 11) is 0. The lowest BCUT2D eigenvalue weighted by molar-refractivity contribution is 0.0688. The van der Waals surface area contributed by atoms with E-state index < -0.39 is 12.0 Å². The minimum atomic E-state index is -1.11. The van der Waals surface area contributed by atoms with Gasteiger partial charge in [-0.25, -0.2) is 9.78 Å². The molecule has 3 N–H and O–H groups in total. The van der Waals surface area contributed by atoms with Crippen molar-refractivity contribution in [2.45, 2.75) is 19.4 Å². The van der Waals surface area contributed by atoms with Crippen LogP contribution in [0.5, 0.6) is 0 Å². The maximum atomic E-state index is 10.5. The normalized spacial score (nSPS) is 12.8. The summed E-state index contributed by atoms with van der Waals surface area (Å²) >= 11 is 0. The SMILES string of the molecule is CC[C@H](N)c1ocnc1C(=O)O. The van der Waals surface area contributed by atoms with E-state index in [9.17, 15) is 4.79 Å². The molecule has 0 unspecified atom stereocenters. The van der Waals surface area contributed by atoms with E-state index in [2.05, 4.69) is 4.98 Å². The Kier molecular flexibility index (Phi) is 2.44. The highest BCUT2D eigenvalue weighted by Gasteiger charge is 2.19. The van der Waals surface area contributed by atoms with E-state index in [-0.39, 0.29) is 11.5 Å². The third-order valence-corrected chi connectivity index (χ3v) is 1.57. The third-order valence-electron chi connectivity index (χ3n) is 1.57. The van der Waals surface area contributed by atoms with Crippen LogP contribution in [0.3, 0.4) is 0 Å². The number of rotatable bonds is 3. The van der Waals surface area contributed by atoms with E-state index in [0.29, 0.717) is 6.42 Å². The zero-order valence-electron chi connectivity index (χ0n) is 6.65. The summed E-state index contributed by atoms with van der Waals surface area (Å²) in [6.07, 6.45) is 1.71.